The zero-order valence-electron chi connectivity index (χ0n) is 22.1. The zero-order valence-corrected chi connectivity index (χ0v) is 22.1. The number of phenolic OH excluding ortho intramolecular Hbond substituents is 2. The van der Waals surface area contributed by atoms with Crippen LogP contribution in [0.4, 0.5) is 0 Å². The summed E-state index contributed by atoms with van der Waals surface area (Å²) in [6.45, 7) is 13.8. The summed E-state index contributed by atoms with van der Waals surface area (Å²) >= 11 is 0. The molecule has 0 fully saturated rings. The Bertz CT molecular complexity index is 866. The van der Waals surface area contributed by atoms with Crippen molar-refractivity contribution in [3.8, 4) is 23.0 Å². The maximum atomic E-state index is 10.2. The first-order valence-corrected chi connectivity index (χ1v) is 12.8. The van der Waals surface area contributed by atoms with Gasteiger partial charge in [-0.25, -0.2) is 0 Å². The average Bonchev–Trinajstić information content (AvgIpc) is 2.82. The van der Waals surface area contributed by atoms with Gasteiger partial charge >= 0.3 is 0 Å². The summed E-state index contributed by atoms with van der Waals surface area (Å²) in [5, 5.41) is 27.2. The number of rotatable bonds is 17. The molecular formula is C28H42N4O4. The summed E-state index contributed by atoms with van der Waals surface area (Å²) in [5.74, 6) is 1.74. The third-order valence-electron chi connectivity index (χ3n) is 5.50. The van der Waals surface area contributed by atoms with Crippen molar-refractivity contribution in [3.05, 3.63) is 46.5 Å². The molecule has 0 unspecified atom stereocenters. The zero-order chi connectivity index (χ0) is 26.2. The molecule has 0 heterocycles. The molecule has 0 saturated carbocycles. The van der Waals surface area contributed by atoms with Crippen LogP contribution in [0.25, 0.3) is 0 Å². The van der Waals surface area contributed by atoms with Crippen LogP contribution in [0, 0.1) is 13.8 Å². The Morgan fingerprint density at radius 1 is 0.694 bits per heavy atom. The van der Waals surface area contributed by atoms with E-state index in [1.54, 1.807) is 24.6 Å². The fraction of sp³-hybridized carbons (Fsp3) is 0.500. The van der Waals surface area contributed by atoms with Gasteiger partial charge in [-0.3, -0.25) is 9.98 Å². The van der Waals surface area contributed by atoms with Crippen LogP contribution in [-0.2, 0) is 0 Å². The number of ether oxygens (including phenoxy) is 2. The van der Waals surface area contributed by atoms with Gasteiger partial charge in [0.25, 0.3) is 0 Å². The lowest BCUT2D eigenvalue weighted by atomic mass is 10.1. The predicted octanol–water partition coefficient (Wildman–Crippen LogP) is 4.01. The molecule has 0 amide bonds. The summed E-state index contributed by atoms with van der Waals surface area (Å²) in [4.78, 5) is 8.89. The molecule has 0 atom stereocenters. The molecule has 36 heavy (non-hydrogen) atoms. The fourth-order valence-corrected chi connectivity index (χ4v) is 3.66. The minimum atomic E-state index is 0.196. The van der Waals surface area contributed by atoms with E-state index >= 15 is 0 Å². The molecule has 0 spiro atoms. The number of hydrogen-bond donors (Lipinski definition) is 4. The second kappa shape index (κ2) is 16.5. The van der Waals surface area contributed by atoms with E-state index in [1.807, 2.05) is 39.8 Å². The van der Waals surface area contributed by atoms with Crippen molar-refractivity contribution in [2.45, 2.75) is 40.5 Å². The Balaban J connectivity index is 1.52. The first-order chi connectivity index (χ1) is 17.5. The first-order valence-electron chi connectivity index (χ1n) is 12.8. The van der Waals surface area contributed by atoms with E-state index in [0.29, 0.717) is 37.8 Å². The van der Waals surface area contributed by atoms with Gasteiger partial charge in [0.05, 0.1) is 13.2 Å². The van der Waals surface area contributed by atoms with Crippen LogP contribution in [0.15, 0.2) is 34.3 Å². The highest BCUT2D eigenvalue weighted by Gasteiger charge is 2.07. The molecular weight excluding hydrogens is 456 g/mol. The van der Waals surface area contributed by atoms with E-state index in [-0.39, 0.29) is 11.5 Å². The van der Waals surface area contributed by atoms with Gasteiger partial charge in [-0.1, -0.05) is 0 Å². The van der Waals surface area contributed by atoms with Crippen LogP contribution in [0.2, 0.25) is 0 Å². The summed E-state index contributed by atoms with van der Waals surface area (Å²) in [7, 11) is 0. The molecule has 198 valence electrons. The fourth-order valence-electron chi connectivity index (χ4n) is 3.66. The SMILES string of the molecule is CCOc1cc(C)c(C=NCCCNCCNCCCN=Cc2c(C)cc(OCC)cc2O)c(O)c1. The van der Waals surface area contributed by atoms with Gasteiger partial charge in [-0.15, -0.1) is 0 Å². The minimum absolute atomic E-state index is 0.196. The largest absolute Gasteiger partial charge is 0.507 e. The van der Waals surface area contributed by atoms with Crippen LogP contribution in [0.5, 0.6) is 23.0 Å². The Hall–Kier alpha value is -3.10. The van der Waals surface area contributed by atoms with E-state index in [0.717, 1.165) is 61.3 Å². The lowest BCUT2D eigenvalue weighted by Gasteiger charge is -2.09. The van der Waals surface area contributed by atoms with E-state index in [4.69, 9.17) is 9.47 Å². The number of aliphatic imine (C=N–C) groups is 2. The molecule has 0 aromatic heterocycles. The van der Waals surface area contributed by atoms with Gasteiger partial charge in [0.2, 0.25) is 0 Å². The molecule has 0 aliphatic heterocycles. The molecule has 2 rings (SSSR count). The number of benzene rings is 2. The van der Waals surface area contributed by atoms with Crippen molar-refractivity contribution >= 4 is 12.4 Å². The third kappa shape index (κ3) is 10.3. The number of nitrogens with one attached hydrogen (secondary N) is 2. The highest BCUT2D eigenvalue weighted by Crippen LogP contribution is 2.27. The summed E-state index contributed by atoms with van der Waals surface area (Å²) in [6.07, 6.45) is 5.34. The van der Waals surface area contributed by atoms with Crippen LogP contribution in [-0.4, -0.2) is 75.1 Å². The van der Waals surface area contributed by atoms with Gasteiger partial charge in [-0.05, 0) is 76.9 Å². The third-order valence-corrected chi connectivity index (χ3v) is 5.50. The molecule has 2 aromatic carbocycles. The first kappa shape index (κ1) is 29.1. The molecule has 0 aliphatic carbocycles. The Kier molecular flexibility index (Phi) is 13.4. The van der Waals surface area contributed by atoms with Crippen LogP contribution >= 0.6 is 0 Å². The highest BCUT2D eigenvalue weighted by atomic mass is 16.5. The lowest BCUT2D eigenvalue weighted by Crippen LogP contribution is -2.29. The van der Waals surface area contributed by atoms with Crippen molar-refractivity contribution in [2.24, 2.45) is 9.98 Å². The van der Waals surface area contributed by atoms with Crippen molar-refractivity contribution in [1.82, 2.24) is 10.6 Å². The van der Waals surface area contributed by atoms with Crippen molar-refractivity contribution in [2.75, 3.05) is 52.5 Å². The smallest absolute Gasteiger partial charge is 0.128 e. The van der Waals surface area contributed by atoms with Crippen molar-refractivity contribution in [3.63, 3.8) is 0 Å². The maximum Gasteiger partial charge on any atom is 0.128 e. The van der Waals surface area contributed by atoms with Crippen LogP contribution in [0.3, 0.4) is 0 Å². The Morgan fingerprint density at radius 2 is 1.11 bits per heavy atom. The summed E-state index contributed by atoms with van der Waals surface area (Å²) in [6, 6.07) is 7.09. The quantitative estimate of drug-likeness (QED) is 0.194. The molecule has 4 N–H and O–H groups in total. The standard InChI is InChI=1S/C28H42N4O4/c1-5-35-23-15-21(3)25(27(33)17-23)19-31-11-7-9-29-13-14-30-10-8-12-32-20-26-22(4)16-24(36-6-2)18-28(26)34/h15-20,29-30,33-34H,5-14H2,1-4H3. The summed E-state index contributed by atoms with van der Waals surface area (Å²) < 4.78 is 10.9. The van der Waals surface area contributed by atoms with Crippen LogP contribution < -0.4 is 20.1 Å². The normalized spacial score (nSPS) is 11.6. The predicted molar refractivity (Wildman–Crippen MR) is 148 cm³/mol. The molecule has 2 aromatic rings. The second-order valence-electron chi connectivity index (χ2n) is 8.49. The van der Waals surface area contributed by atoms with E-state index in [2.05, 4.69) is 20.6 Å². The van der Waals surface area contributed by atoms with E-state index in [1.165, 1.54) is 0 Å². The number of aromatic hydroxyl groups is 2. The van der Waals surface area contributed by atoms with E-state index < -0.39 is 0 Å². The minimum Gasteiger partial charge on any atom is -0.507 e. The van der Waals surface area contributed by atoms with Crippen molar-refractivity contribution in [1.29, 1.82) is 0 Å². The molecule has 8 nitrogen and oxygen atoms in total. The van der Waals surface area contributed by atoms with Gasteiger partial charge in [-0.2, -0.15) is 0 Å². The second-order valence-corrected chi connectivity index (χ2v) is 8.49. The Morgan fingerprint density at radius 3 is 1.47 bits per heavy atom. The van der Waals surface area contributed by atoms with Gasteiger partial charge in [0.15, 0.2) is 0 Å². The Labute approximate surface area is 215 Å². The molecule has 0 radical (unpaired) electrons. The lowest BCUT2D eigenvalue weighted by molar-refractivity contribution is 0.337. The van der Waals surface area contributed by atoms with Crippen LogP contribution in [0.1, 0.15) is 48.9 Å². The molecule has 0 bridgehead atoms. The molecule has 0 saturated heterocycles. The van der Waals surface area contributed by atoms with Gasteiger partial charge < -0.3 is 30.3 Å². The number of phenols is 2. The van der Waals surface area contributed by atoms with Gasteiger partial charge in [0, 0.05) is 61.9 Å². The number of aryl methyl sites for hydroxylation is 2. The molecule has 8 heteroatoms. The van der Waals surface area contributed by atoms with E-state index in [9.17, 15) is 10.2 Å². The topological polar surface area (TPSA) is 108 Å². The summed E-state index contributed by atoms with van der Waals surface area (Å²) in [5.41, 5.74) is 3.38. The van der Waals surface area contributed by atoms with Crippen molar-refractivity contribution < 1.29 is 19.7 Å². The number of nitrogens with zero attached hydrogens (tertiary/aromatic N) is 2. The monoisotopic (exact) mass is 498 g/mol. The van der Waals surface area contributed by atoms with Gasteiger partial charge in [0.1, 0.15) is 23.0 Å². The highest BCUT2D eigenvalue weighted by molar-refractivity contribution is 5.86. The molecule has 0 aliphatic rings. The number of hydrogen-bond acceptors (Lipinski definition) is 8. The maximum absolute atomic E-state index is 10.2. The average molecular weight is 499 g/mol.